The van der Waals surface area contributed by atoms with E-state index in [1.807, 2.05) is 6.08 Å². The summed E-state index contributed by atoms with van der Waals surface area (Å²) in [6.07, 6.45) is 15.8. The summed E-state index contributed by atoms with van der Waals surface area (Å²) in [5.74, 6) is -0.471. The Morgan fingerprint density at radius 3 is 2.10 bits per heavy atom. The third-order valence-electron chi connectivity index (χ3n) is 3.64. The molecule has 0 aromatic rings. The normalized spacial score (nSPS) is 18.3. The highest BCUT2D eigenvalue weighted by Crippen LogP contribution is 2.15. The molecule has 4 heteroatoms. The van der Waals surface area contributed by atoms with E-state index in [9.17, 15) is 9.90 Å². The number of aliphatic hydroxyl groups excluding tert-OH is 2. The summed E-state index contributed by atoms with van der Waals surface area (Å²) in [5, 5.41) is 18.0. The minimum Gasteiger partial charge on any atom is -0.428 e. The van der Waals surface area contributed by atoms with Gasteiger partial charge in [0.25, 0.3) is 0 Å². The third-order valence-corrected chi connectivity index (χ3v) is 3.64. The van der Waals surface area contributed by atoms with Crippen LogP contribution in [0.4, 0.5) is 0 Å². The van der Waals surface area contributed by atoms with Gasteiger partial charge in [-0.05, 0) is 19.3 Å². The molecule has 120 valence electrons. The van der Waals surface area contributed by atoms with Gasteiger partial charge in [-0.2, -0.15) is 0 Å². The Morgan fingerprint density at radius 1 is 1.00 bits per heavy atom. The SMILES string of the molecule is O=C1C=C(/C=C/CCCCCCCCCCCO)C(O)O1. The Hall–Kier alpha value is -1.13. The summed E-state index contributed by atoms with van der Waals surface area (Å²) in [5.41, 5.74) is 0.544. The van der Waals surface area contributed by atoms with Gasteiger partial charge in [0.2, 0.25) is 6.29 Å². The lowest BCUT2D eigenvalue weighted by molar-refractivity contribution is -0.150. The van der Waals surface area contributed by atoms with Crippen LogP contribution in [0.1, 0.15) is 64.2 Å². The molecular formula is C17H28O4. The zero-order chi connectivity index (χ0) is 15.3. The van der Waals surface area contributed by atoms with Crippen LogP contribution in [0.15, 0.2) is 23.8 Å². The molecule has 0 fully saturated rings. The molecule has 0 radical (unpaired) electrons. The number of carbonyl (C=O) groups is 1. The zero-order valence-electron chi connectivity index (χ0n) is 12.8. The number of allylic oxidation sites excluding steroid dienone is 1. The Kier molecular flexibility index (Phi) is 9.83. The number of esters is 1. The van der Waals surface area contributed by atoms with Crippen molar-refractivity contribution in [3.63, 3.8) is 0 Å². The van der Waals surface area contributed by atoms with Crippen molar-refractivity contribution in [2.45, 2.75) is 70.5 Å². The summed E-state index contributed by atoms with van der Waals surface area (Å²) >= 11 is 0. The van der Waals surface area contributed by atoms with Crippen molar-refractivity contribution < 1.29 is 19.7 Å². The zero-order valence-corrected chi connectivity index (χ0v) is 12.8. The van der Waals surface area contributed by atoms with Gasteiger partial charge in [0, 0.05) is 18.3 Å². The van der Waals surface area contributed by atoms with Crippen molar-refractivity contribution >= 4 is 5.97 Å². The molecule has 0 aromatic carbocycles. The fraction of sp³-hybridized carbons (Fsp3) is 0.706. The molecule has 1 aliphatic rings. The van der Waals surface area contributed by atoms with Gasteiger partial charge in [0.1, 0.15) is 0 Å². The maximum atomic E-state index is 10.9. The van der Waals surface area contributed by atoms with E-state index in [2.05, 4.69) is 4.74 Å². The van der Waals surface area contributed by atoms with Crippen LogP contribution in [0.2, 0.25) is 0 Å². The predicted octanol–water partition coefficient (Wildman–Crippen LogP) is 3.24. The van der Waals surface area contributed by atoms with Gasteiger partial charge in [-0.25, -0.2) is 4.79 Å². The number of unbranched alkanes of at least 4 members (excludes halogenated alkanes) is 9. The van der Waals surface area contributed by atoms with Crippen LogP contribution in [0, 0.1) is 0 Å². The molecule has 1 atom stereocenters. The van der Waals surface area contributed by atoms with Gasteiger partial charge in [-0.1, -0.05) is 57.1 Å². The number of rotatable bonds is 12. The highest BCUT2D eigenvalue weighted by molar-refractivity contribution is 5.86. The molecule has 1 aliphatic heterocycles. The maximum absolute atomic E-state index is 10.9. The first-order valence-corrected chi connectivity index (χ1v) is 8.11. The smallest absolute Gasteiger partial charge is 0.333 e. The predicted molar refractivity (Wildman–Crippen MR) is 82.6 cm³/mol. The van der Waals surface area contributed by atoms with E-state index in [1.165, 1.54) is 44.6 Å². The fourth-order valence-electron chi connectivity index (χ4n) is 2.38. The van der Waals surface area contributed by atoms with Crippen LogP contribution in [0.25, 0.3) is 0 Å². The number of hydrogen-bond acceptors (Lipinski definition) is 4. The summed E-state index contributed by atoms with van der Waals surface area (Å²) < 4.78 is 4.59. The highest BCUT2D eigenvalue weighted by atomic mass is 16.6. The second-order valence-electron chi connectivity index (χ2n) is 5.53. The molecule has 1 heterocycles. The molecule has 0 spiro atoms. The largest absolute Gasteiger partial charge is 0.428 e. The number of aliphatic hydroxyl groups is 2. The van der Waals surface area contributed by atoms with Crippen molar-refractivity contribution in [1.82, 2.24) is 0 Å². The molecule has 2 N–H and O–H groups in total. The van der Waals surface area contributed by atoms with Gasteiger partial charge in [0.05, 0.1) is 0 Å². The molecule has 0 amide bonds. The minimum atomic E-state index is -1.08. The Morgan fingerprint density at radius 2 is 1.57 bits per heavy atom. The quantitative estimate of drug-likeness (QED) is 0.428. The Balaban J connectivity index is 1.89. The topological polar surface area (TPSA) is 66.8 Å². The van der Waals surface area contributed by atoms with Gasteiger partial charge in [-0.15, -0.1) is 0 Å². The van der Waals surface area contributed by atoms with Crippen molar-refractivity contribution in [3.8, 4) is 0 Å². The summed E-state index contributed by atoms with van der Waals surface area (Å²) in [4.78, 5) is 10.9. The molecule has 0 bridgehead atoms. The van der Waals surface area contributed by atoms with Crippen LogP contribution in [-0.4, -0.2) is 29.1 Å². The van der Waals surface area contributed by atoms with Crippen LogP contribution in [-0.2, 0) is 9.53 Å². The van der Waals surface area contributed by atoms with Gasteiger partial charge < -0.3 is 14.9 Å². The average Bonchev–Trinajstić information content (AvgIpc) is 2.78. The number of ether oxygens (including phenoxy) is 1. The van der Waals surface area contributed by atoms with Crippen molar-refractivity contribution in [2.75, 3.05) is 6.61 Å². The van der Waals surface area contributed by atoms with E-state index in [1.54, 1.807) is 6.08 Å². The van der Waals surface area contributed by atoms with E-state index in [-0.39, 0.29) is 0 Å². The lowest BCUT2D eigenvalue weighted by atomic mass is 10.1. The first-order valence-electron chi connectivity index (χ1n) is 8.11. The van der Waals surface area contributed by atoms with Crippen molar-refractivity contribution in [3.05, 3.63) is 23.8 Å². The fourth-order valence-corrected chi connectivity index (χ4v) is 2.38. The molecule has 0 aliphatic carbocycles. The van der Waals surface area contributed by atoms with Crippen molar-refractivity contribution in [1.29, 1.82) is 0 Å². The molecule has 0 aromatic heterocycles. The lowest BCUT2D eigenvalue weighted by Gasteiger charge is -2.02. The number of hydrogen-bond donors (Lipinski definition) is 2. The Labute approximate surface area is 127 Å². The summed E-state index contributed by atoms with van der Waals surface area (Å²) in [7, 11) is 0. The van der Waals surface area contributed by atoms with E-state index in [0.717, 1.165) is 25.7 Å². The maximum Gasteiger partial charge on any atom is 0.333 e. The summed E-state index contributed by atoms with van der Waals surface area (Å²) in [6, 6.07) is 0. The molecule has 1 unspecified atom stereocenters. The molecule has 1 rings (SSSR count). The average molecular weight is 296 g/mol. The van der Waals surface area contributed by atoms with Gasteiger partial charge >= 0.3 is 5.97 Å². The van der Waals surface area contributed by atoms with E-state index >= 15 is 0 Å². The first-order chi connectivity index (χ1) is 10.2. The molecule has 21 heavy (non-hydrogen) atoms. The van der Waals surface area contributed by atoms with Crippen LogP contribution >= 0.6 is 0 Å². The first kappa shape index (κ1) is 17.9. The summed E-state index contributed by atoms with van der Waals surface area (Å²) in [6.45, 7) is 0.321. The van der Waals surface area contributed by atoms with E-state index in [4.69, 9.17) is 5.11 Å². The van der Waals surface area contributed by atoms with Crippen molar-refractivity contribution in [2.24, 2.45) is 0 Å². The van der Waals surface area contributed by atoms with Gasteiger partial charge in [0.15, 0.2) is 0 Å². The van der Waals surface area contributed by atoms with E-state index < -0.39 is 12.3 Å². The van der Waals surface area contributed by atoms with Crippen LogP contribution < -0.4 is 0 Å². The number of carbonyl (C=O) groups excluding carboxylic acids is 1. The third kappa shape index (κ3) is 8.68. The standard InChI is InChI=1S/C17H28O4/c18-13-11-9-7-5-3-1-2-4-6-8-10-12-15-14-16(19)21-17(15)20/h10,12,14,17-18,20H,1-9,11,13H2/b12-10+. The lowest BCUT2D eigenvalue weighted by Crippen LogP contribution is -2.08. The van der Waals surface area contributed by atoms with E-state index in [0.29, 0.717) is 12.2 Å². The number of cyclic esters (lactones) is 1. The van der Waals surface area contributed by atoms with Gasteiger partial charge in [-0.3, -0.25) is 0 Å². The van der Waals surface area contributed by atoms with Crippen LogP contribution in [0.5, 0.6) is 0 Å². The molecule has 0 saturated carbocycles. The molecular weight excluding hydrogens is 268 g/mol. The minimum absolute atomic E-state index is 0.321. The molecule has 4 nitrogen and oxygen atoms in total. The highest BCUT2D eigenvalue weighted by Gasteiger charge is 2.20. The molecule has 0 saturated heterocycles. The monoisotopic (exact) mass is 296 g/mol. The second-order valence-corrected chi connectivity index (χ2v) is 5.53. The Bertz CT molecular complexity index is 347. The second kappa shape index (κ2) is 11.5. The van der Waals surface area contributed by atoms with Crippen LogP contribution in [0.3, 0.4) is 0 Å².